The van der Waals surface area contributed by atoms with Crippen LogP contribution in [0.5, 0.6) is 0 Å². The van der Waals surface area contributed by atoms with Gasteiger partial charge >= 0.3 is 0 Å². The summed E-state index contributed by atoms with van der Waals surface area (Å²) >= 11 is 0. The third-order valence-electron chi connectivity index (χ3n) is 2.55. The molecule has 0 heterocycles. The zero-order valence-corrected chi connectivity index (χ0v) is 11.6. The molecule has 0 spiro atoms. The Labute approximate surface area is 111 Å². The fourth-order valence-corrected chi connectivity index (χ4v) is 1.72. The van der Waals surface area contributed by atoms with Crippen molar-refractivity contribution in [3.8, 4) is 0 Å². The highest BCUT2D eigenvalue weighted by molar-refractivity contribution is 5.50. The molecular weight excluding hydrogens is 216 g/mol. The van der Waals surface area contributed by atoms with Crippen LogP contribution in [0, 0.1) is 6.92 Å². The number of benzene rings is 2. The first-order valence-electron chi connectivity index (χ1n) is 6.62. The largest absolute Gasteiger partial charge is 0.0795 e. The maximum atomic E-state index is 2.21. The number of hydrogen-bond donors (Lipinski definition) is 0. The molecule has 0 saturated heterocycles. The lowest BCUT2D eigenvalue weighted by molar-refractivity contribution is 1.28. The molecule has 0 fully saturated rings. The molecule has 2 rings (SSSR count). The third kappa shape index (κ3) is 5.01. The van der Waals surface area contributed by atoms with Crippen LogP contribution >= 0.6 is 0 Å². The quantitative estimate of drug-likeness (QED) is 0.682. The van der Waals surface area contributed by atoms with Crippen molar-refractivity contribution in [2.24, 2.45) is 0 Å². The van der Waals surface area contributed by atoms with Gasteiger partial charge in [-0.2, -0.15) is 0 Å². The highest BCUT2D eigenvalue weighted by atomic mass is 13.9. The Hall–Kier alpha value is -1.82. The van der Waals surface area contributed by atoms with E-state index in [-0.39, 0.29) is 0 Å². The Balaban J connectivity index is 0.000000771. The van der Waals surface area contributed by atoms with E-state index in [1.807, 2.05) is 19.9 Å². The molecule has 0 amide bonds. The lowest BCUT2D eigenvalue weighted by Crippen LogP contribution is -1.79. The Kier molecular flexibility index (Phi) is 6.56. The molecule has 0 aromatic heterocycles. The second-order valence-corrected chi connectivity index (χ2v) is 4.01. The Morgan fingerprint density at radius 1 is 0.889 bits per heavy atom. The number of rotatable bonds is 3. The predicted octanol–water partition coefficient (Wildman–Crippen LogP) is 5.28. The van der Waals surface area contributed by atoms with Crippen LogP contribution in [-0.4, -0.2) is 0 Å². The van der Waals surface area contributed by atoms with E-state index in [0.717, 1.165) is 6.42 Å². The molecule has 0 aliphatic heterocycles. The topological polar surface area (TPSA) is 0 Å². The van der Waals surface area contributed by atoms with Crippen molar-refractivity contribution < 1.29 is 0 Å². The highest BCUT2D eigenvalue weighted by Gasteiger charge is 1.88. The van der Waals surface area contributed by atoms with E-state index in [2.05, 4.69) is 67.6 Å². The minimum atomic E-state index is 0.995. The molecular formula is C18H22. The van der Waals surface area contributed by atoms with E-state index in [4.69, 9.17) is 0 Å². The summed E-state index contributed by atoms with van der Waals surface area (Å²) < 4.78 is 0. The Morgan fingerprint density at radius 2 is 1.61 bits per heavy atom. The molecule has 0 nitrogen and oxygen atoms in total. The maximum Gasteiger partial charge on any atom is -0.00941 e. The van der Waals surface area contributed by atoms with Gasteiger partial charge in [-0.05, 0) is 24.5 Å². The third-order valence-corrected chi connectivity index (χ3v) is 2.55. The number of hydrogen-bond acceptors (Lipinski definition) is 0. The molecule has 94 valence electrons. The fourth-order valence-electron chi connectivity index (χ4n) is 1.72. The fraction of sp³-hybridized carbons (Fsp3) is 0.222. The molecule has 0 aliphatic rings. The van der Waals surface area contributed by atoms with Crippen LogP contribution in [0.2, 0.25) is 0 Å². The van der Waals surface area contributed by atoms with Gasteiger partial charge < -0.3 is 0 Å². The van der Waals surface area contributed by atoms with Crippen molar-refractivity contribution >= 4 is 6.08 Å². The second-order valence-electron chi connectivity index (χ2n) is 4.01. The van der Waals surface area contributed by atoms with Crippen molar-refractivity contribution in [2.75, 3.05) is 0 Å². The first-order valence-corrected chi connectivity index (χ1v) is 6.62. The minimum Gasteiger partial charge on any atom is -0.0795 e. The van der Waals surface area contributed by atoms with Crippen LogP contribution < -0.4 is 0 Å². The van der Waals surface area contributed by atoms with Gasteiger partial charge in [0.25, 0.3) is 0 Å². The van der Waals surface area contributed by atoms with Gasteiger partial charge in [0.15, 0.2) is 0 Å². The molecule has 0 heteroatoms. The normalized spacial score (nSPS) is 9.94. The van der Waals surface area contributed by atoms with E-state index < -0.39 is 0 Å². The van der Waals surface area contributed by atoms with E-state index >= 15 is 0 Å². The zero-order valence-electron chi connectivity index (χ0n) is 11.6. The van der Waals surface area contributed by atoms with Gasteiger partial charge in [0.05, 0.1) is 0 Å². The van der Waals surface area contributed by atoms with Gasteiger partial charge in [-0.3, -0.25) is 0 Å². The van der Waals surface area contributed by atoms with Gasteiger partial charge in [0, 0.05) is 0 Å². The van der Waals surface area contributed by atoms with Crippen molar-refractivity contribution in [2.45, 2.75) is 27.2 Å². The lowest BCUT2D eigenvalue weighted by atomic mass is 10.1. The zero-order chi connectivity index (χ0) is 13.2. The molecule has 0 bridgehead atoms. The summed E-state index contributed by atoms with van der Waals surface area (Å²) in [5, 5.41) is 0. The average molecular weight is 238 g/mol. The summed E-state index contributed by atoms with van der Waals surface area (Å²) in [6, 6.07) is 19.1. The van der Waals surface area contributed by atoms with Crippen molar-refractivity contribution in [1.29, 1.82) is 0 Å². The van der Waals surface area contributed by atoms with Crippen LogP contribution in [0.4, 0.5) is 0 Å². The average Bonchev–Trinajstić information content (AvgIpc) is 2.42. The maximum absolute atomic E-state index is 2.21. The predicted molar refractivity (Wildman–Crippen MR) is 81.7 cm³/mol. The van der Waals surface area contributed by atoms with E-state index in [0.29, 0.717) is 0 Å². The lowest BCUT2D eigenvalue weighted by Gasteiger charge is -1.96. The summed E-state index contributed by atoms with van der Waals surface area (Å²) in [5.41, 5.74) is 3.93. The molecule has 2 aromatic rings. The van der Waals surface area contributed by atoms with Crippen molar-refractivity contribution in [1.82, 2.24) is 0 Å². The molecule has 0 atom stereocenters. The van der Waals surface area contributed by atoms with Gasteiger partial charge in [-0.15, -0.1) is 0 Å². The Bertz CT molecular complexity index is 466. The summed E-state index contributed by atoms with van der Waals surface area (Å²) in [4.78, 5) is 0. The highest BCUT2D eigenvalue weighted by Crippen LogP contribution is 2.07. The summed E-state index contributed by atoms with van der Waals surface area (Å²) in [6.45, 7) is 6.12. The molecule has 0 saturated carbocycles. The van der Waals surface area contributed by atoms with Crippen LogP contribution in [-0.2, 0) is 6.42 Å². The molecule has 0 unspecified atom stereocenters. The number of aryl methyl sites for hydroxylation is 1. The summed E-state index contributed by atoms with van der Waals surface area (Å²) in [6.07, 6.45) is 5.39. The molecule has 0 radical (unpaired) electrons. The van der Waals surface area contributed by atoms with Crippen LogP contribution in [0.3, 0.4) is 0 Å². The number of allylic oxidation sites excluding steroid dienone is 1. The standard InChI is InChI=1S/C16H16.C2H6/c1-14-7-5-11-16(13-14)12-6-10-15-8-3-2-4-9-15;1-2/h2-9,11-13H,10H2,1H3;1-2H3/b12-6+;. The van der Waals surface area contributed by atoms with E-state index in [9.17, 15) is 0 Å². The van der Waals surface area contributed by atoms with Gasteiger partial charge in [0.2, 0.25) is 0 Å². The minimum absolute atomic E-state index is 0.995. The summed E-state index contributed by atoms with van der Waals surface area (Å²) in [7, 11) is 0. The molecule has 0 aliphatic carbocycles. The molecule has 2 aromatic carbocycles. The van der Waals surface area contributed by atoms with E-state index in [1.165, 1.54) is 16.7 Å². The molecule has 18 heavy (non-hydrogen) atoms. The van der Waals surface area contributed by atoms with Crippen LogP contribution in [0.15, 0.2) is 60.7 Å². The van der Waals surface area contributed by atoms with Crippen molar-refractivity contribution in [3.05, 3.63) is 77.4 Å². The smallest absolute Gasteiger partial charge is 0.00941 e. The van der Waals surface area contributed by atoms with E-state index in [1.54, 1.807) is 0 Å². The van der Waals surface area contributed by atoms with Gasteiger partial charge in [0.1, 0.15) is 0 Å². The van der Waals surface area contributed by atoms with Crippen LogP contribution in [0.1, 0.15) is 30.5 Å². The second kappa shape index (κ2) is 8.30. The first kappa shape index (κ1) is 14.2. The van der Waals surface area contributed by atoms with Gasteiger partial charge in [-0.1, -0.05) is 86.2 Å². The summed E-state index contributed by atoms with van der Waals surface area (Å²) in [5.74, 6) is 0. The van der Waals surface area contributed by atoms with Crippen molar-refractivity contribution in [3.63, 3.8) is 0 Å². The van der Waals surface area contributed by atoms with Gasteiger partial charge in [-0.25, -0.2) is 0 Å². The SMILES string of the molecule is CC.Cc1cccc(/C=C/Cc2ccccc2)c1. The monoisotopic (exact) mass is 238 g/mol. The Morgan fingerprint density at radius 3 is 2.28 bits per heavy atom. The first-order chi connectivity index (χ1) is 8.84. The molecule has 0 N–H and O–H groups in total. The van der Waals surface area contributed by atoms with Crippen LogP contribution in [0.25, 0.3) is 6.08 Å².